The smallest absolute Gasteiger partial charge is 0.258 e. The molecule has 0 aliphatic heterocycles. The maximum absolute atomic E-state index is 5.97. The molecule has 0 spiro atoms. The first kappa shape index (κ1) is 15.8. The van der Waals surface area contributed by atoms with E-state index in [1.807, 2.05) is 32.0 Å². The second kappa shape index (κ2) is 6.93. The number of para-hydroxylation sites is 1. The van der Waals surface area contributed by atoms with E-state index < -0.39 is 5.91 Å². The van der Waals surface area contributed by atoms with Crippen LogP contribution in [0.15, 0.2) is 30.6 Å². The summed E-state index contributed by atoms with van der Waals surface area (Å²) in [7, 11) is 0. The zero-order chi connectivity index (χ0) is 15.3. The molecule has 0 atom stereocenters. The van der Waals surface area contributed by atoms with Crippen LogP contribution >= 0.6 is 0 Å². The Bertz CT molecular complexity index is 575. The molecule has 0 radical (unpaired) electrons. The van der Waals surface area contributed by atoms with Crippen LogP contribution in [-0.2, 0) is 15.4 Å². The Balaban J connectivity index is 2.61. The van der Waals surface area contributed by atoms with Gasteiger partial charge in [-0.15, -0.1) is 0 Å². The van der Waals surface area contributed by atoms with E-state index in [0.717, 1.165) is 16.6 Å². The first-order valence-electron chi connectivity index (χ1n) is 7.38. The summed E-state index contributed by atoms with van der Waals surface area (Å²) in [5, 5.41) is 3.39. The van der Waals surface area contributed by atoms with Crippen LogP contribution in [0.25, 0.3) is 11.0 Å². The Morgan fingerprint density at radius 3 is 2.38 bits per heavy atom. The van der Waals surface area contributed by atoms with Gasteiger partial charge < -0.3 is 9.47 Å². The summed E-state index contributed by atoms with van der Waals surface area (Å²) in [4.78, 5) is 8.81. The van der Waals surface area contributed by atoms with Crippen molar-refractivity contribution in [3.05, 3.63) is 36.2 Å². The van der Waals surface area contributed by atoms with Gasteiger partial charge in [-0.2, -0.15) is 0 Å². The molecule has 0 aliphatic carbocycles. The third kappa shape index (κ3) is 3.37. The minimum atomic E-state index is -1.01. The number of hydrogen-bond donors (Lipinski definition) is 1. The Morgan fingerprint density at radius 2 is 1.76 bits per heavy atom. The number of rotatable bonds is 7. The molecular weight excluding hydrogens is 266 g/mol. The Kier molecular flexibility index (Phi) is 5.22. The van der Waals surface area contributed by atoms with Crippen molar-refractivity contribution in [1.82, 2.24) is 15.3 Å². The average molecular weight is 289 g/mol. The molecule has 0 unspecified atom stereocenters. The van der Waals surface area contributed by atoms with Crippen molar-refractivity contribution in [2.75, 3.05) is 13.2 Å². The number of fused-ring (bicyclic) bond motifs is 1. The predicted molar refractivity (Wildman–Crippen MR) is 82.7 cm³/mol. The fourth-order valence-electron chi connectivity index (χ4n) is 2.40. The third-order valence-electron chi connectivity index (χ3n) is 3.03. The van der Waals surface area contributed by atoms with Crippen LogP contribution < -0.4 is 5.32 Å². The van der Waals surface area contributed by atoms with Gasteiger partial charge in [-0.3, -0.25) is 15.3 Å². The molecule has 1 N–H and O–H groups in total. The average Bonchev–Trinajstić information content (AvgIpc) is 2.46. The van der Waals surface area contributed by atoms with Gasteiger partial charge in [0.15, 0.2) is 0 Å². The fourth-order valence-corrected chi connectivity index (χ4v) is 2.40. The van der Waals surface area contributed by atoms with Crippen molar-refractivity contribution >= 4 is 11.0 Å². The maximum atomic E-state index is 5.97. The normalized spacial score (nSPS) is 12.2. The van der Waals surface area contributed by atoms with Crippen LogP contribution in [0, 0.1) is 0 Å². The molecule has 0 bridgehead atoms. The van der Waals surface area contributed by atoms with Gasteiger partial charge in [-0.1, -0.05) is 6.07 Å². The highest BCUT2D eigenvalue weighted by Crippen LogP contribution is 2.30. The van der Waals surface area contributed by atoms with Gasteiger partial charge >= 0.3 is 0 Å². The van der Waals surface area contributed by atoms with Crippen LogP contribution in [0.2, 0.25) is 0 Å². The lowest BCUT2D eigenvalue weighted by atomic mass is 10.1. The summed E-state index contributed by atoms with van der Waals surface area (Å²) in [6, 6.07) is 6.04. The van der Waals surface area contributed by atoms with Crippen molar-refractivity contribution in [1.29, 1.82) is 0 Å². The molecule has 2 rings (SSSR count). The number of aromatic nitrogens is 2. The quantitative estimate of drug-likeness (QED) is 0.794. The summed E-state index contributed by atoms with van der Waals surface area (Å²) >= 11 is 0. The SMILES string of the molecule is CCOC(NC(C)C)(OCC)c1cccc2nccnc12. The predicted octanol–water partition coefficient (Wildman–Crippen LogP) is 2.81. The highest BCUT2D eigenvalue weighted by atomic mass is 16.7. The fraction of sp³-hybridized carbons (Fsp3) is 0.500. The van der Waals surface area contributed by atoms with Crippen LogP contribution in [0.3, 0.4) is 0 Å². The van der Waals surface area contributed by atoms with Gasteiger partial charge in [0.25, 0.3) is 5.91 Å². The van der Waals surface area contributed by atoms with Gasteiger partial charge in [-0.05, 0) is 39.8 Å². The monoisotopic (exact) mass is 289 g/mol. The molecule has 1 aromatic carbocycles. The highest BCUT2D eigenvalue weighted by molar-refractivity contribution is 5.78. The number of hydrogen-bond acceptors (Lipinski definition) is 5. The van der Waals surface area contributed by atoms with E-state index in [-0.39, 0.29) is 6.04 Å². The largest absolute Gasteiger partial charge is 0.334 e. The standard InChI is InChI=1S/C16H23N3O2/c1-5-20-16(21-6-2,19-12(3)4)13-8-7-9-14-15(13)18-11-10-17-14/h7-12,19H,5-6H2,1-4H3. The van der Waals surface area contributed by atoms with E-state index in [1.54, 1.807) is 12.4 Å². The minimum Gasteiger partial charge on any atom is -0.334 e. The first-order valence-corrected chi connectivity index (χ1v) is 7.38. The Hall–Kier alpha value is -1.56. The van der Waals surface area contributed by atoms with E-state index in [1.165, 1.54) is 0 Å². The second-order valence-corrected chi connectivity index (χ2v) is 5.01. The molecular formula is C16H23N3O2. The molecule has 5 nitrogen and oxygen atoms in total. The van der Waals surface area contributed by atoms with Crippen molar-refractivity contribution in [2.24, 2.45) is 0 Å². The van der Waals surface area contributed by atoms with E-state index in [4.69, 9.17) is 9.47 Å². The van der Waals surface area contributed by atoms with Crippen LogP contribution in [0.5, 0.6) is 0 Å². The summed E-state index contributed by atoms with van der Waals surface area (Å²) in [5.74, 6) is -1.01. The molecule has 0 amide bonds. The van der Waals surface area contributed by atoms with Crippen LogP contribution in [0.4, 0.5) is 0 Å². The van der Waals surface area contributed by atoms with Gasteiger partial charge in [0.05, 0.1) is 16.6 Å². The van der Waals surface area contributed by atoms with Gasteiger partial charge in [0.1, 0.15) is 0 Å². The lowest BCUT2D eigenvalue weighted by Crippen LogP contribution is -2.50. The Morgan fingerprint density at radius 1 is 1.10 bits per heavy atom. The molecule has 1 aromatic heterocycles. The molecule has 0 saturated carbocycles. The topological polar surface area (TPSA) is 56.3 Å². The molecule has 2 aromatic rings. The lowest BCUT2D eigenvalue weighted by Gasteiger charge is -2.36. The zero-order valence-corrected chi connectivity index (χ0v) is 13.1. The number of nitrogens with one attached hydrogen (secondary N) is 1. The van der Waals surface area contributed by atoms with Crippen LogP contribution in [-0.4, -0.2) is 29.2 Å². The van der Waals surface area contributed by atoms with Crippen molar-refractivity contribution in [3.8, 4) is 0 Å². The van der Waals surface area contributed by atoms with Gasteiger partial charge in [0, 0.05) is 31.6 Å². The van der Waals surface area contributed by atoms with E-state index in [9.17, 15) is 0 Å². The summed E-state index contributed by atoms with van der Waals surface area (Å²) in [5.41, 5.74) is 2.46. The summed E-state index contributed by atoms with van der Waals surface area (Å²) < 4.78 is 11.9. The van der Waals surface area contributed by atoms with Crippen molar-refractivity contribution < 1.29 is 9.47 Å². The molecule has 114 valence electrons. The lowest BCUT2D eigenvalue weighted by molar-refractivity contribution is -0.265. The molecule has 1 heterocycles. The maximum Gasteiger partial charge on any atom is 0.258 e. The molecule has 21 heavy (non-hydrogen) atoms. The van der Waals surface area contributed by atoms with Crippen molar-refractivity contribution in [2.45, 2.75) is 39.6 Å². The highest BCUT2D eigenvalue weighted by Gasteiger charge is 2.36. The number of nitrogens with zero attached hydrogens (tertiary/aromatic N) is 2. The molecule has 0 aliphatic rings. The molecule has 0 fully saturated rings. The van der Waals surface area contributed by atoms with Crippen LogP contribution in [0.1, 0.15) is 33.3 Å². The van der Waals surface area contributed by atoms with E-state index >= 15 is 0 Å². The summed E-state index contributed by atoms with van der Waals surface area (Å²) in [6.45, 7) is 9.07. The molecule has 0 saturated heterocycles. The van der Waals surface area contributed by atoms with E-state index in [0.29, 0.717) is 13.2 Å². The van der Waals surface area contributed by atoms with E-state index in [2.05, 4.69) is 29.1 Å². The zero-order valence-electron chi connectivity index (χ0n) is 13.1. The Labute approximate surface area is 125 Å². The number of ether oxygens (including phenoxy) is 2. The third-order valence-corrected chi connectivity index (χ3v) is 3.03. The number of benzene rings is 1. The second-order valence-electron chi connectivity index (χ2n) is 5.01. The first-order chi connectivity index (χ1) is 10.1. The van der Waals surface area contributed by atoms with Crippen molar-refractivity contribution in [3.63, 3.8) is 0 Å². The van der Waals surface area contributed by atoms with Gasteiger partial charge in [-0.25, -0.2) is 0 Å². The minimum absolute atomic E-state index is 0.190. The van der Waals surface area contributed by atoms with Gasteiger partial charge in [0.2, 0.25) is 0 Å². The summed E-state index contributed by atoms with van der Waals surface area (Å²) in [6.07, 6.45) is 3.37. The molecule has 5 heteroatoms.